The van der Waals surface area contributed by atoms with Crippen LogP contribution in [0.5, 0.6) is 0 Å². The Morgan fingerprint density at radius 2 is 1.50 bits per heavy atom. The second kappa shape index (κ2) is 14.0. The summed E-state index contributed by atoms with van der Waals surface area (Å²) < 4.78 is 43.1. The summed E-state index contributed by atoms with van der Waals surface area (Å²) in [4.78, 5) is 32.8. The third kappa shape index (κ3) is 7.29. The number of esters is 1. The number of methoxy groups -OCH3 is 1. The Balaban J connectivity index is 1.53. The molecule has 1 fully saturated rings. The maximum Gasteiger partial charge on any atom is 0.341 e. The van der Waals surface area contributed by atoms with Crippen molar-refractivity contribution < 1.29 is 47.8 Å². The van der Waals surface area contributed by atoms with Gasteiger partial charge in [-0.15, -0.1) is 0 Å². The number of aliphatic hydroxyl groups is 1. The number of ether oxygens (including phenoxy) is 5. The van der Waals surface area contributed by atoms with Gasteiger partial charge in [-0.2, -0.15) is 4.39 Å². The molecule has 1 heterocycles. The van der Waals surface area contributed by atoms with Gasteiger partial charge in [0.2, 0.25) is 5.82 Å². The number of rotatable bonds is 12. The summed E-state index contributed by atoms with van der Waals surface area (Å²) in [5, 5.41) is 33.6. The van der Waals surface area contributed by atoms with Crippen LogP contribution in [-0.4, -0.2) is 65.3 Å². The lowest BCUT2D eigenvalue weighted by atomic mass is 9.98. The number of hydrogen-bond acceptors (Lipinski definition) is 11. The zero-order chi connectivity index (χ0) is 30.2. The minimum atomic E-state index is -1.60. The fourth-order valence-corrected chi connectivity index (χ4v) is 4.34. The van der Waals surface area contributed by atoms with Crippen molar-refractivity contribution >= 4 is 17.3 Å². The average molecular weight is 587 g/mol. The van der Waals surface area contributed by atoms with Crippen molar-refractivity contribution in [2.45, 2.75) is 43.9 Å². The lowest BCUT2D eigenvalue weighted by molar-refractivity contribution is -0.395. The van der Waals surface area contributed by atoms with Gasteiger partial charge in [-0.05, 0) is 11.1 Å². The van der Waals surface area contributed by atoms with Gasteiger partial charge in [0, 0.05) is 13.2 Å². The number of non-ortho nitro benzene ring substituents is 1. The monoisotopic (exact) mass is 586 g/mol. The smallest absolute Gasteiger partial charge is 0.341 e. The number of carbonyl (C=O) groups excluding carboxylic acids is 1. The topological polar surface area (TPSA) is 170 Å². The molecule has 0 aromatic heterocycles. The normalized spacial score (nSPS) is 21.9. The van der Waals surface area contributed by atoms with Gasteiger partial charge in [-0.3, -0.25) is 20.2 Å². The van der Waals surface area contributed by atoms with E-state index in [2.05, 4.69) is 0 Å². The Bertz CT molecular complexity index is 1390. The quantitative estimate of drug-likeness (QED) is 0.186. The maximum absolute atomic E-state index is 14.7. The fraction of sp³-hybridized carbons (Fsp3) is 0.321. The van der Waals surface area contributed by atoms with Crippen LogP contribution in [0.2, 0.25) is 0 Å². The Morgan fingerprint density at radius 3 is 2.02 bits per heavy atom. The van der Waals surface area contributed by atoms with Gasteiger partial charge in [0.15, 0.2) is 6.29 Å². The first-order chi connectivity index (χ1) is 20.2. The van der Waals surface area contributed by atoms with Gasteiger partial charge in [0.1, 0.15) is 36.6 Å². The Labute approximate surface area is 238 Å². The van der Waals surface area contributed by atoms with E-state index in [0.717, 1.165) is 11.1 Å². The molecule has 0 aliphatic carbocycles. The molecule has 0 bridgehead atoms. The van der Waals surface area contributed by atoms with E-state index in [0.29, 0.717) is 12.1 Å². The SMILES string of the molecule is CO[C@H]1O[C@H](COC(=O)c2cc([N+](=O)[O-])cc([N+](=O)[O-])c2F)[C@@H](O)[C@H](OCc2ccccc2)[C@H]1OCc1ccccc1. The molecule has 0 amide bonds. The van der Waals surface area contributed by atoms with Gasteiger partial charge >= 0.3 is 11.7 Å². The predicted molar refractivity (Wildman–Crippen MR) is 142 cm³/mol. The molecule has 1 N–H and O–H groups in total. The van der Waals surface area contributed by atoms with E-state index in [-0.39, 0.29) is 13.2 Å². The van der Waals surface area contributed by atoms with Crippen LogP contribution in [0.4, 0.5) is 15.8 Å². The number of aliphatic hydroxyl groups excluding tert-OH is 1. The highest BCUT2D eigenvalue weighted by Crippen LogP contribution is 2.30. The summed E-state index contributed by atoms with van der Waals surface area (Å²) in [7, 11) is 1.34. The second-order valence-electron chi connectivity index (χ2n) is 9.23. The highest BCUT2D eigenvalue weighted by molar-refractivity contribution is 5.91. The van der Waals surface area contributed by atoms with Crippen LogP contribution in [-0.2, 0) is 36.9 Å². The molecule has 13 nitrogen and oxygen atoms in total. The third-order valence-corrected chi connectivity index (χ3v) is 6.47. The van der Waals surface area contributed by atoms with Crippen LogP contribution in [0.15, 0.2) is 72.8 Å². The number of benzene rings is 3. The lowest BCUT2D eigenvalue weighted by Gasteiger charge is -2.43. The Hall–Kier alpha value is -4.34. The maximum atomic E-state index is 14.7. The molecular weight excluding hydrogens is 559 g/mol. The average Bonchev–Trinajstić information content (AvgIpc) is 2.99. The number of hydrogen-bond donors (Lipinski definition) is 1. The van der Waals surface area contributed by atoms with Crippen molar-refractivity contribution in [3.63, 3.8) is 0 Å². The molecule has 5 atom stereocenters. The van der Waals surface area contributed by atoms with Crippen LogP contribution in [0.3, 0.4) is 0 Å². The molecule has 1 aliphatic heterocycles. The van der Waals surface area contributed by atoms with Crippen LogP contribution in [0, 0.1) is 26.0 Å². The second-order valence-corrected chi connectivity index (χ2v) is 9.23. The van der Waals surface area contributed by atoms with E-state index >= 15 is 0 Å². The minimum Gasteiger partial charge on any atom is -0.459 e. The van der Waals surface area contributed by atoms with Crippen molar-refractivity contribution in [1.82, 2.24) is 0 Å². The standard InChI is InChI=1S/C28H27FN2O11/c1-38-28-26(40-15-18-10-6-3-7-11-18)25(39-14-17-8-4-2-5-9-17)24(32)22(42-28)16-41-27(33)20-12-19(30(34)35)13-21(23(20)29)31(36)37/h2-13,22,24-26,28,32H,14-16H2,1H3/t22-,24-,25+,26-,28+/m1/s1. The number of halogens is 1. The highest BCUT2D eigenvalue weighted by Gasteiger charge is 2.48. The minimum absolute atomic E-state index is 0.0826. The fourth-order valence-electron chi connectivity index (χ4n) is 4.34. The third-order valence-electron chi connectivity index (χ3n) is 6.47. The van der Waals surface area contributed by atoms with Gasteiger partial charge in [-0.25, -0.2) is 4.79 Å². The molecule has 14 heteroatoms. The zero-order valence-electron chi connectivity index (χ0n) is 22.2. The van der Waals surface area contributed by atoms with Crippen molar-refractivity contribution in [3.8, 4) is 0 Å². The zero-order valence-corrected chi connectivity index (χ0v) is 22.2. The molecule has 0 spiro atoms. The highest BCUT2D eigenvalue weighted by atomic mass is 19.1. The van der Waals surface area contributed by atoms with E-state index in [4.69, 9.17) is 23.7 Å². The molecule has 1 saturated heterocycles. The molecule has 0 radical (unpaired) electrons. The van der Waals surface area contributed by atoms with Gasteiger partial charge in [0.05, 0.1) is 29.1 Å². The molecule has 1 aliphatic rings. The van der Waals surface area contributed by atoms with E-state index in [1.165, 1.54) is 7.11 Å². The van der Waals surface area contributed by atoms with Crippen LogP contribution in [0.25, 0.3) is 0 Å². The summed E-state index contributed by atoms with van der Waals surface area (Å²) in [6, 6.07) is 19.3. The number of nitro benzene ring substituents is 2. The molecule has 0 unspecified atom stereocenters. The summed E-state index contributed by atoms with van der Waals surface area (Å²) in [6.45, 7) is -0.456. The molecule has 222 valence electrons. The summed E-state index contributed by atoms with van der Waals surface area (Å²) in [6.07, 6.45) is -5.80. The first-order valence-electron chi connectivity index (χ1n) is 12.7. The summed E-state index contributed by atoms with van der Waals surface area (Å²) >= 11 is 0. The van der Waals surface area contributed by atoms with Crippen molar-refractivity contribution in [3.05, 3.63) is 116 Å². The van der Waals surface area contributed by atoms with Crippen LogP contribution in [0.1, 0.15) is 21.5 Å². The predicted octanol–water partition coefficient (Wildman–Crippen LogP) is 3.70. The molecule has 3 aromatic rings. The molecule has 42 heavy (non-hydrogen) atoms. The summed E-state index contributed by atoms with van der Waals surface area (Å²) in [5.74, 6) is -3.04. The van der Waals surface area contributed by atoms with Crippen LogP contribution >= 0.6 is 0 Å². The van der Waals surface area contributed by atoms with E-state index in [9.17, 15) is 34.5 Å². The van der Waals surface area contributed by atoms with E-state index in [1.807, 2.05) is 60.7 Å². The van der Waals surface area contributed by atoms with Gasteiger partial charge in [0.25, 0.3) is 5.69 Å². The first kappa shape index (κ1) is 30.6. The Morgan fingerprint density at radius 1 is 0.929 bits per heavy atom. The van der Waals surface area contributed by atoms with Crippen molar-refractivity contribution in [2.75, 3.05) is 13.7 Å². The number of carbonyl (C=O) groups is 1. The molecule has 0 saturated carbocycles. The largest absolute Gasteiger partial charge is 0.459 e. The molecule has 4 rings (SSSR count). The van der Waals surface area contributed by atoms with Crippen molar-refractivity contribution in [2.24, 2.45) is 0 Å². The molecule has 3 aromatic carbocycles. The first-order valence-corrected chi connectivity index (χ1v) is 12.7. The van der Waals surface area contributed by atoms with Crippen LogP contribution < -0.4 is 0 Å². The Kier molecular flexibility index (Phi) is 10.2. The van der Waals surface area contributed by atoms with E-state index < -0.39 is 75.9 Å². The number of nitrogens with zero attached hydrogens (tertiary/aromatic N) is 2. The lowest BCUT2D eigenvalue weighted by Crippen LogP contribution is -2.60. The van der Waals surface area contributed by atoms with Crippen molar-refractivity contribution in [1.29, 1.82) is 0 Å². The van der Waals surface area contributed by atoms with Gasteiger partial charge < -0.3 is 28.8 Å². The van der Waals surface area contributed by atoms with E-state index in [1.54, 1.807) is 0 Å². The number of nitro groups is 2. The van der Waals surface area contributed by atoms with Gasteiger partial charge in [-0.1, -0.05) is 60.7 Å². The summed E-state index contributed by atoms with van der Waals surface area (Å²) in [5.41, 5.74) is -1.52. The molecular formula is C28H27FN2O11.